The lowest BCUT2D eigenvalue weighted by Gasteiger charge is -2.10. The van der Waals surface area contributed by atoms with E-state index in [9.17, 15) is 4.39 Å². The molecule has 3 N–H and O–H groups in total. The van der Waals surface area contributed by atoms with E-state index in [4.69, 9.17) is 15.7 Å². The average Bonchev–Trinajstić information content (AvgIpc) is 2.53. The minimum Gasteiger partial charge on any atom is -0.496 e. The fourth-order valence-electron chi connectivity index (χ4n) is 1.81. The molecular weight excluding hydrogens is 291 g/mol. The van der Waals surface area contributed by atoms with Gasteiger partial charge in [0, 0.05) is 10.6 Å². The van der Waals surface area contributed by atoms with Crippen LogP contribution in [0.5, 0.6) is 5.75 Å². The van der Waals surface area contributed by atoms with E-state index >= 15 is 0 Å². The minimum absolute atomic E-state index is 0.0137. The number of halogens is 1. The molecule has 0 radical (unpaired) electrons. The van der Waals surface area contributed by atoms with Crippen molar-refractivity contribution >= 4 is 17.6 Å². The number of benzene rings is 2. The van der Waals surface area contributed by atoms with E-state index in [2.05, 4.69) is 5.16 Å². The van der Waals surface area contributed by atoms with Crippen LogP contribution in [0.25, 0.3) is 0 Å². The Morgan fingerprint density at radius 3 is 2.76 bits per heavy atom. The highest BCUT2D eigenvalue weighted by molar-refractivity contribution is 7.98. The van der Waals surface area contributed by atoms with Crippen molar-refractivity contribution in [1.82, 2.24) is 0 Å². The van der Waals surface area contributed by atoms with Gasteiger partial charge < -0.3 is 15.7 Å². The van der Waals surface area contributed by atoms with Crippen LogP contribution in [-0.4, -0.2) is 18.2 Å². The maximum atomic E-state index is 13.5. The summed E-state index contributed by atoms with van der Waals surface area (Å²) in [7, 11) is 1.51. The van der Waals surface area contributed by atoms with Crippen molar-refractivity contribution in [2.24, 2.45) is 10.9 Å². The Morgan fingerprint density at radius 2 is 2.10 bits per heavy atom. The van der Waals surface area contributed by atoms with Gasteiger partial charge in [-0.3, -0.25) is 0 Å². The van der Waals surface area contributed by atoms with Gasteiger partial charge in [0.15, 0.2) is 5.84 Å². The van der Waals surface area contributed by atoms with Gasteiger partial charge in [-0.05, 0) is 29.8 Å². The molecule has 0 atom stereocenters. The highest BCUT2D eigenvalue weighted by Gasteiger charge is 2.09. The molecule has 4 nitrogen and oxygen atoms in total. The first-order chi connectivity index (χ1) is 10.2. The second kappa shape index (κ2) is 6.99. The lowest BCUT2D eigenvalue weighted by atomic mass is 10.1. The normalized spacial score (nSPS) is 11.4. The van der Waals surface area contributed by atoms with Gasteiger partial charge in [0.05, 0.1) is 12.7 Å². The summed E-state index contributed by atoms with van der Waals surface area (Å²) >= 11 is 1.40. The van der Waals surface area contributed by atoms with E-state index in [0.29, 0.717) is 22.0 Å². The third-order valence-corrected chi connectivity index (χ3v) is 4.00. The first kappa shape index (κ1) is 15.2. The number of rotatable bonds is 5. The van der Waals surface area contributed by atoms with E-state index in [-0.39, 0.29) is 11.7 Å². The third-order valence-electron chi connectivity index (χ3n) is 2.88. The molecule has 0 aliphatic heterocycles. The Balaban J connectivity index is 2.17. The molecule has 0 bridgehead atoms. The maximum Gasteiger partial charge on any atom is 0.173 e. The van der Waals surface area contributed by atoms with E-state index in [1.54, 1.807) is 30.3 Å². The summed E-state index contributed by atoms with van der Waals surface area (Å²) < 4.78 is 18.8. The number of nitrogens with two attached hydrogens (primary N) is 1. The molecule has 0 aliphatic carbocycles. The number of amidine groups is 1. The fraction of sp³-hybridized carbons (Fsp3) is 0.133. The van der Waals surface area contributed by atoms with E-state index < -0.39 is 0 Å². The summed E-state index contributed by atoms with van der Waals surface area (Å²) in [6.45, 7) is 0. The summed E-state index contributed by atoms with van der Waals surface area (Å²) in [6.07, 6.45) is 0. The topological polar surface area (TPSA) is 67.8 Å². The van der Waals surface area contributed by atoms with Crippen molar-refractivity contribution < 1.29 is 14.3 Å². The number of hydrogen-bond donors (Lipinski definition) is 2. The van der Waals surface area contributed by atoms with Gasteiger partial charge >= 0.3 is 0 Å². The molecule has 0 aromatic heterocycles. The first-order valence-corrected chi connectivity index (χ1v) is 7.16. The molecule has 0 amide bonds. The Morgan fingerprint density at radius 1 is 1.33 bits per heavy atom. The zero-order chi connectivity index (χ0) is 15.2. The van der Waals surface area contributed by atoms with E-state index in [1.807, 2.05) is 6.07 Å². The van der Waals surface area contributed by atoms with Gasteiger partial charge in [0.2, 0.25) is 0 Å². The molecule has 0 saturated heterocycles. The predicted octanol–water partition coefficient (Wildman–Crippen LogP) is 3.22. The lowest BCUT2D eigenvalue weighted by molar-refractivity contribution is 0.318. The van der Waals surface area contributed by atoms with Crippen LogP contribution < -0.4 is 10.5 Å². The molecule has 0 spiro atoms. The molecule has 0 saturated carbocycles. The zero-order valence-corrected chi connectivity index (χ0v) is 12.2. The summed E-state index contributed by atoms with van der Waals surface area (Å²) in [4.78, 5) is 0.594. The second-order valence-corrected chi connectivity index (χ2v) is 5.26. The molecule has 2 rings (SSSR count). The quantitative estimate of drug-likeness (QED) is 0.293. The van der Waals surface area contributed by atoms with Crippen LogP contribution in [0.4, 0.5) is 4.39 Å². The molecule has 2 aromatic carbocycles. The highest BCUT2D eigenvalue weighted by atomic mass is 32.2. The molecule has 21 heavy (non-hydrogen) atoms. The van der Waals surface area contributed by atoms with Crippen molar-refractivity contribution in [1.29, 1.82) is 0 Å². The van der Waals surface area contributed by atoms with Crippen LogP contribution >= 0.6 is 11.8 Å². The average molecular weight is 306 g/mol. The second-order valence-electron chi connectivity index (χ2n) is 4.24. The van der Waals surface area contributed by atoms with Crippen molar-refractivity contribution in [2.75, 3.05) is 7.11 Å². The smallest absolute Gasteiger partial charge is 0.173 e. The molecular formula is C15H15FN2O2S. The SMILES string of the molecule is COc1cc(CSc2ccccc2F)ccc1/C(N)=N/O. The van der Waals surface area contributed by atoms with Gasteiger partial charge in [0.25, 0.3) is 0 Å². The third kappa shape index (κ3) is 3.66. The Labute approximate surface area is 126 Å². The summed E-state index contributed by atoms with van der Waals surface area (Å²) in [6, 6.07) is 12.0. The molecule has 110 valence electrons. The summed E-state index contributed by atoms with van der Waals surface area (Å²) in [5, 5.41) is 11.7. The number of hydrogen-bond acceptors (Lipinski definition) is 4. The van der Waals surface area contributed by atoms with Gasteiger partial charge in [-0.15, -0.1) is 11.8 Å². The Hall–Kier alpha value is -2.21. The largest absolute Gasteiger partial charge is 0.496 e. The predicted molar refractivity (Wildman–Crippen MR) is 81.5 cm³/mol. The van der Waals surface area contributed by atoms with Crippen LogP contribution in [0.15, 0.2) is 52.5 Å². The van der Waals surface area contributed by atoms with Crippen molar-refractivity contribution in [2.45, 2.75) is 10.6 Å². The Bertz CT molecular complexity index is 662. The van der Waals surface area contributed by atoms with Crippen LogP contribution in [0.1, 0.15) is 11.1 Å². The number of nitrogens with zero attached hydrogens (tertiary/aromatic N) is 1. The molecule has 0 unspecified atom stereocenters. The number of ether oxygens (including phenoxy) is 1. The van der Waals surface area contributed by atoms with Crippen LogP contribution in [-0.2, 0) is 5.75 Å². The molecule has 0 heterocycles. The monoisotopic (exact) mass is 306 g/mol. The van der Waals surface area contributed by atoms with Crippen molar-refractivity contribution in [3.63, 3.8) is 0 Å². The number of thioether (sulfide) groups is 1. The van der Waals surface area contributed by atoms with Crippen LogP contribution in [0.3, 0.4) is 0 Å². The van der Waals surface area contributed by atoms with Crippen LogP contribution in [0.2, 0.25) is 0 Å². The Kier molecular flexibility index (Phi) is 5.05. The maximum absolute atomic E-state index is 13.5. The summed E-state index contributed by atoms with van der Waals surface area (Å²) in [5.41, 5.74) is 7.04. The molecule has 0 aliphatic rings. The molecule has 2 aromatic rings. The van der Waals surface area contributed by atoms with Crippen LogP contribution in [0, 0.1) is 5.82 Å². The van der Waals surface area contributed by atoms with Crippen molar-refractivity contribution in [3.8, 4) is 5.75 Å². The number of oxime groups is 1. The van der Waals surface area contributed by atoms with E-state index in [1.165, 1.54) is 24.9 Å². The van der Waals surface area contributed by atoms with Gasteiger partial charge in [-0.1, -0.05) is 23.4 Å². The minimum atomic E-state index is -0.234. The lowest BCUT2D eigenvalue weighted by Crippen LogP contribution is -2.14. The first-order valence-electron chi connectivity index (χ1n) is 6.18. The standard InChI is InChI=1S/C15H15FN2O2S/c1-20-13-8-10(6-7-11(13)15(17)18-19)9-21-14-5-3-2-4-12(14)16/h2-8,19H,9H2,1H3,(H2,17,18). The molecule has 6 heteroatoms. The van der Waals surface area contributed by atoms with E-state index in [0.717, 1.165) is 5.56 Å². The fourth-order valence-corrected chi connectivity index (χ4v) is 2.70. The summed E-state index contributed by atoms with van der Waals surface area (Å²) in [5.74, 6) is 0.855. The number of methoxy groups -OCH3 is 1. The highest BCUT2D eigenvalue weighted by Crippen LogP contribution is 2.28. The zero-order valence-electron chi connectivity index (χ0n) is 11.4. The van der Waals surface area contributed by atoms with Gasteiger partial charge in [-0.2, -0.15) is 0 Å². The van der Waals surface area contributed by atoms with Gasteiger partial charge in [0.1, 0.15) is 11.6 Å². The van der Waals surface area contributed by atoms with Crippen molar-refractivity contribution in [3.05, 3.63) is 59.4 Å². The molecule has 0 fully saturated rings. The van der Waals surface area contributed by atoms with Gasteiger partial charge in [-0.25, -0.2) is 4.39 Å².